The maximum absolute atomic E-state index is 12.0. The van der Waals surface area contributed by atoms with E-state index in [1.54, 1.807) is 12.1 Å². The Morgan fingerprint density at radius 3 is 2.58 bits per heavy atom. The van der Waals surface area contributed by atoms with Crippen LogP contribution in [0.1, 0.15) is 15.9 Å². The Morgan fingerprint density at radius 1 is 1.12 bits per heavy atom. The molecule has 5 heteroatoms. The van der Waals surface area contributed by atoms with Crippen LogP contribution in [0.15, 0.2) is 48.5 Å². The van der Waals surface area contributed by atoms with Crippen LogP contribution < -0.4 is 9.64 Å². The van der Waals surface area contributed by atoms with Crippen molar-refractivity contribution in [2.45, 2.75) is 6.61 Å². The van der Waals surface area contributed by atoms with Gasteiger partial charge in [0.2, 0.25) is 0 Å². The number of carbonyl (C=O) groups excluding carboxylic acids is 1. The van der Waals surface area contributed by atoms with E-state index >= 15 is 0 Å². The van der Waals surface area contributed by atoms with Crippen LogP contribution in [0.2, 0.25) is 0 Å². The molecule has 0 radical (unpaired) electrons. The third-order valence-electron chi connectivity index (χ3n) is 3.97. The fourth-order valence-electron chi connectivity index (χ4n) is 2.69. The second kappa shape index (κ2) is 7.84. The molecule has 1 aliphatic rings. The Bertz CT molecular complexity index is 681. The van der Waals surface area contributed by atoms with Gasteiger partial charge in [-0.25, -0.2) is 4.79 Å². The summed E-state index contributed by atoms with van der Waals surface area (Å²) in [5.41, 5.74) is 2.48. The molecule has 0 N–H and O–H groups in total. The summed E-state index contributed by atoms with van der Waals surface area (Å²) in [5.74, 6) is 0.388. The van der Waals surface area contributed by atoms with Crippen LogP contribution in [0.25, 0.3) is 0 Å². The molecule has 0 atom stereocenters. The first-order chi connectivity index (χ1) is 11.8. The van der Waals surface area contributed by atoms with Crippen LogP contribution in [0.4, 0.5) is 5.69 Å². The van der Waals surface area contributed by atoms with E-state index in [-0.39, 0.29) is 5.97 Å². The van der Waals surface area contributed by atoms with Gasteiger partial charge in [0.25, 0.3) is 0 Å². The highest BCUT2D eigenvalue weighted by Crippen LogP contribution is 2.28. The van der Waals surface area contributed by atoms with Gasteiger partial charge in [-0.15, -0.1) is 0 Å². The summed E-state index contributed by atoms with van der Waals surface area (Å²) in [4.78, 5) is 14.2. The highest BCUT2D eigenvalue weighted by Gasteiger charge is 2.20. The Kier molecular flexibility index (Phi) is 5.33. The number of hydrogen-bond donors (Lipinski definition) is 0. The van der Waals surface area contributed by atoms with Crippen molar-refractivity contribution >= 4 is 11.7 Å². The number of methoxy groups -OCH3 is 1. The molecule has 0 unspecified atom stereocenters. The zero-order valence-corrected chi connectivity index (χ0v) is 13.7. The van der Waals surface area contributed by atoms with Crippen molar-refractivity contribution in [3.8, 4) is 5.75 Å². The van der Waals surface area contributed by atoms with E-state index in [1.807, 2.05) is 36.4 Å². The smallest absolute Gasteiger partial charge is 0.339 e. The van der Waals surface area contributed by atoms with Gasteiger partial charge < -0.3 is 19.1 Å². The molecule has 2 aromatic rings. The molecule has 126 valence electrons. The zero-order chi connectivity index (χ0) is 16.8. The van der Waals surface area contributed by atoms with E-state index < -0.39 is 0 Å². The normalized spacial score (nSPS) is 14.3. The van der Waals surface area contributed by atoms with E-state index in [9.17, 15) is 4.79 Å². The first kappa shape index (κ1) is 16.3. The lowest BCUT2D eigenvalue weighted by atomic mass is 10.1. The molecule has 24 heavy (non-hydrogen) atoms. The maximum Gasteiger partial charge on any atom is 0.339 e. The molecule has 1 heterocycles. The predicted octanol–water partition coefficient (Wildman–Crippen LogP) is 2.89. The molecule has 2 aromatic carbocycles. The molecular formula is C19H21NO4. The minimum absolute atomic E-state index is 0.342. The first-order valence-electron chi connectivity index (χ1n) is 7.99. The number of carbonyl (C=O) groups is 1. The topological polar surface area (TPSA) is 48.0 Å². The van der Waals surface area contributed by atoms with Crippen molar-refractivity contribution in [3.63, 3.8) is 0 Å². The van der Waals surface area contributed by atoms with E-state index in [0.717, 1.165) is 30.1 Å². The zero-order valence-electron chi connectivity index (χ0n) is 13.7. The molecule has 0 aromatic heterocycles. The Labute approximate surface area is 141 Å². The Hall–Kier alpha value is -2.53. The van der Waals surface area contributed by atoms with E-state index in [2.05, 4.69) is 4.90 Å². The average Bonchev–Trinajstić information content (AvgIpc) is 2.67. The lowest BCUT2D eigenvalue weighted by Crippen LogP contribution is -2.37. The van der Waals surface area contributed by atoms with Gasteiger partial charge >= 0.3 is 5.97 Å². The molecule has 3 rings (SSSR count). The number of ether oxygens (including phenoxy) is 3. The van der Waals surface area contributed by atoms with Crippen molar-refractivity contribution in [1.29, 1.82) is 0 Å². The van der Waals surface area contributed by atoms with Gasteiger partial charge in [0.15, 0.2) is 0 Å². The number of morpholine rings is 1. The maximum atomic E-state index is 12.0. The number of nitrogens with zero attached hydrogens (tertiary/aromatic N) is 1. The summed E-state index contributed by atoms with van der Waals surface area (Å²) in [6.07, 6.45) is 0. The molecule has 0 bridgehead atoms. The van der Waals surface area contributed by atoms with Crippen LogP contribution in [-0.4, -0.2) is 39.4 Å². The van der Waals surface area contributed by atoms with Gasteiger partial charge in [0, 0.05) is 19.2 Å². The summed E-state index contributed by atoms with van der Waals surface area (Å²) in [7, 11) is 1.39. The molecule has 0 spiro atoms. The van der Waals surface area contributed by atoms with E-state index in [4.69, 9.17) is 14.2 Å². The van der Waals surface area contributed by atoms with Crippen molar-refractivity contribution < 1.29 is 19.0 Å². The number of esters is 1. The Balaban J connectivity index is 1.81. The largest absolute Gasteiger partial charge is 0.489 e. The van der Waals surface area contributed by atoms with Crippen molar-refractivity contribution in [2.75, 3.05) is 38.3 Å². The van der Waals surface area contributed by atoms with Crippen molar-refractivity contribution in [1.82, 2.24) is 0 Å². The minimum atomic E-state index is -0.342. The monoisotopic (exact) mass is 327 g/mol. The fourth-order valence-corrected chi connectivity index (χ4v) is 2.69. The number of rotatable bonds is 5. The van der Waals surface area contributed by atoms with Gasteiger partial charge in [-0.1, -0.05) is 30.3 Å². The van der Waals surface area contributed by atoms with Crippen LogP contribution >= 0.6 is 0 Å². The number of hydrogen-bond acceptors (Lipinski definition) is 5. The average molecular weight is 327 g/mol. The van der Waals surface area contributed by atoms with Crippen LogP contribution in [0.5, 0.6) is 5.75 Å². The predicted molar refractivity (Wildman–Crippen MR) is 91.6 cm³/mol. The summed E-state index contributed by atoms with van der Waals surface area (Å²) in [5, 5.41) is 0. The molecule has 1 fully saturated rings. The Morgan fingerprint density at radius 2 is 1.88 bits per heavy atom. The van der Waals surface area contributed by atoms with Gasteiger partial charge in [-0.05, 0) is 17.7 Å². The van der Waals surface area contributed by atoms with Crippen LogP contribution in [0, 0.1) is 0 Å². The highest BCUT2D eigenvalue weighted by atomic mass is 16.5. The molecule has 5 nitrogen and oxygen atoms in total. The number of benzene rings is 2. The van der Waals surface area contributed by atoms with Gasteiger partial charge in [0.1, 0.15) is 12.4 Å². The number of anilines is 1. The van der Waals surface area contributed by atoms with E-state index in [1.165, 1.54) is 7.11 Å². The SMILES string of the molecule is COC(=O)c1ccc(OCc2ccccc2)cc1N1CCOCC1. The van der Waals surface area contributed by atoms with Gasteiger partial charge in [-0.3, -0.25) is 0 Å². The molecule has 1 saturated heterocycles. The standard InChI is InChI=1S/C19H21NO4/c1-22-19(21)17-8-7-16(24-14-15-5-3-2-4-6-15)13-18(17)20-9-11-23-12-10-20/h2-8,13H,9-12,14H2,1H3. The molecule has 1 aliphatic heterocycles. The third kappa shape index (κ3) is 3.86. The van der Waals surface area contributed by atoms with Gasteiger partial charge in [-0.2, -0.15) is 0 Å². The second-order valence-electron chi connectivity index (χ2n) is 5.54. The summed E-state index contributed by atoms with van der Waals surface area (Å²) >= 11 is 0. The molecular weight excluding hydrogens is 306 g/mol. The second-order valence-corrected chi connectivity index (χ2v) is 5.54. The summed E-state index contributed by atoms with van der Waals surface area (Å²) < 4.78 is 16.2. The fraction of sp³-hybridized carbons (Fsp3) is 0.316. The van der Waals surface area contributed by atoms with Crippen molar-refractivity contribution in [3.05, 3.63) is 59.7 Å². The van der Waals surface area contributed by atoms with Gasteiger partial charge in [0.05, 0.1) is 31.6 Å². The molecule has 0 aliphatic carbocycles. The molecule has 0 amide bonds. The van der Waals surface area contributed by atoms with Crippen LogP contribution in [0.3, 0.4) is 0 Å². The van der Waals surface area contributed by atoms with Crippen LogP contribution in [-0.2, 0) is 16.1 Å². The highest BCUT2D eigenvalue weighted by molar-refractivity contribution is 5.96. The lowest BCUT2D eigenvalue weighted by Gasteiger charge is -2.30. The van der Waals surface area contributed by atoms with Crippen molar-refractivity contribution in [2.24, 2.45) is 0 Å². The third-order valence-corrected chi connectivity index (χ3v) is 3.97. The summed E-state index contributed by atoms with van der Waals surface area (Å²) in [6.45, 7) is 3.27. The first-order valence-corrected chi connectivity index (χ1v) is 7.99. The summed E-state index contributed by atoms with van der Waals surface area (Å²) in [6, 6.07) is 15.5. The lowest BCUT2D eigenvalue weighted by molar-refractivity contribution is 0.0600. The molecule has 0 saturated carbocycles. The quantitative estimate of drug-likeness (QED) is 0.790. The van der Waals surface area contributed by atoms with E-state index in [0.29, 0.717) is 25.4 Å². The minimum Gasteiger partial charge on any atom is -0.489 e.